The van der Waals surface area contributed by atoms with Crippen LogP contribution in [0.5, 0.6) is 0 Å². The number of benzene rings is 15. The molecule has 15 aromatic carbocycles. The normalized spacial score (nSPS) is 12.2. The highest BCUT2D eigenvalue weighted by molar-refractivity contribution is 6.11. The quantitative estimate of drug-likeness (QED) is 0.115. The fourth-order valence-corrected chi connectivity index (χ4v) is 15.8. The van der Waals surface area contributed by atoms with Gasteiger partial charge in [0.1, 0.15) is 22.3 Å². The third kappa shape index (κ3) is 10.1. The number of aryl methyl sites for hydroxylation is 1. The molecule has 6 heteroatoms. The maximum Gasteiger partial charge on any atom is 0.135 e. The largest absolute Gasteiger partial charge is 0.456 e. The molecule has 19 aromatic rings. The monoisotopic (exact) mass is 1300 g/mol. The van der Waals surface area contributed by atoms with E-state index in [2.05, 4.69) is 359 Å². The Morgan fingerprint density at radius 3 is 0.990 bits per heavy atom. The summed E-state index contributed by atoms with van der Waals surface area (Å²) in [5.41, 5.74) is 30.1. The van der Waals surface area contributed by atoms with Gasteiger partial charge in [0.2, 0.25) is 0 Å². The molecule has 4 aromatic heterocycles. The first-order chi connectivity index (χ1) is 50.5. The van der Waals surface area contributed by atoms with Crippen LogP contribution in [0.3, 0.4) is 0 Å². The number of rotatable bonds is 13. The van der Waals surface area contributed by atoms with Crippen molar-refractivity contribution in [2.45, 2.75) is 12.8 Å². The number of nitrogens with zero attached hydrogens (tertiary/aromatic N) is 4. The van der Waals surface area contributed by atoms with E-state index in [1.54, 1.807) is 0 Å². The summed E-state index contributed by atoms with van der Waals surface area (Å²) in [6, 6.07) is 128. The topological polar surface area (TPSA) is 42.6 Å². The molecule has 0 amide bonds. The number of furan rings is 2. The Morgan fingerprint density at radius 1 is 0.235 bits per heavy atom. The first-order valence-electron chi connectivity index (χ1n) is 35.1. The van der Waals surface area contributed by atoms with Crippen LogP contribution < -0.4 is 9.80 Å². The predicted molar refractivity (Wildman–Crippen MR) is 426 cm³/mol. The molecule has 0 saturated carbocycles. The van der Waals surface area contributed by atoms with Crippen molar-refractivity contribution in [1.29, 1.82) is 0 Å². The van der Waals surface area contributed by atoms with Gasteiger partial charge in [-0.2, -0.15) is 0 Å². The molecule has 1 aliphatic carbocycles. The van der Waals surface area contributed by atoms with Crippen LogP contribution in [0.2, 0.25) is 0 Å². The van der Waals surface area contributed by atoms with Crippen molar-refractivity contribution in [3.8, 4) is 67.0 Å². The van der Waals surface area contributed by atoms with E-state index in [0.717, 1.165) is 135 Å². The third-order valence-corrected chi connectivity index (χ3v) is 20.8. The van der Waals surface area contributed by atoms with E-state index in [1.807, 2.05) is 24.3 Å². The molecule has 6 nitrogen and oxygen atoms in total. The third-order valence-electron chi connectivity index (χ3n) is 20.8. The highest BCUT2D eigenvalue weighted by Crippen LogP contribution is 2.45. The van der Waals surface area contributed by atoms with Crippen LogP contribution in [0, 0.1) is 0 Å². The first kappa shape index (κ1) is 58.7. The van der Waals surface area contributed by atoms with E-state index >= 15 is 0 Å². The summed E-state index contributed by atoms with van der Waals surface area (Å²) < 4.78 is 17.2. The van der Waals surface area contributed by atoms with E-state index in [0.29, 0.717) is 0 Å². The summed E-state index contributed by atoms with van der Waals surface area (Å²) in [6.45, 7) is 0. The molecule has 0 fully saturated rings. The molecule has 0 spiro atoms. The zero-order valence-electron chi connectivity index (χ0n) is 55.7. The maximum absolute atomic E-state index is 6.21. The van der Waals surface area contributed by atoms with Crippen LogP contribution >= 0.6 is 0 Å². The van der Waals surface area contributed by atoms with Crippen LogP contribution in [0.4, 0.5) is 34.1 Å². The molecule has 102 heavy (non-hydrogen) atoms. The Kier molecular flexibility index (Phi) is 13.9. The molecule has 4 heterocycles. The number of hydrogen-bond acceptors (Lipinski definition) is 4. The maximum atomic E-state index is 6.21. The lowest BCUT2D eigenvalue weighted by molar-refractivity contribution is 0.668. The second-order valence-corrected chi connectivity index (χ2v) is 26.7. The molecule has 1 aliphatic rings. The van der Waals surface area contributed by atoms with Crippen LogP contribution in [0.15, 0.2) is 367 Å². The van der Waals surface area contributed by atoms with Gasteiger partial charge in [0.05, 0.1) is 16.6 Å². The van der Waals surface area contributed by atoms with Crippen molar-refractivity contribution in [3.63, 3.8) is 0 Å². The molecule has 0 aliphatic heterocycles. The Hall–Kier alpha value is -13.4. The highest BCUT2D eigenvalue weighted by Gasteiger charge is 2.22. The number of fused-ring (bicyclic) bond motifs is 12. The molecule has 0 saturated heterocycles. The van der Waals surface area contributed by atoms with Gasteiger partial charge in [-0.1, -0.05) is 194 Å². The summed E-state index contributed by atoms with van der Waals surface area (Å²) in [5, 5.41) is 8.25. The van der Waals surface area contributed by atoms with Crippen molar-refractivity contribution in [2.75, 3.05) is 9.80 Å². The highest BCUT2D eigenvalue weighted by atomic mass is 16.3. The van der Waals surface area contributed by atoms with Crippen molar-refractivity contribution < 1.29 is 8.83 Å². The molecule has 0 bridgehead atoms. The average Bonchev–Trinajstić information content (AvgIpc) is 1.57. The second kappa shape index (κ2) is 24.2. The second-order valence-electron chi connectivity index (χ2n) is 26.7. The Labute approximate surface area is 590 Å². The lowest BCUT2D eigenvalue weighted by Crippen LogP contribution is -2.10. The fourth-order valence-electron chi connectivity index (χ4n) is 15.8. The van der Waals surface area contributed by atoms with Crippen molar-refractivity contribution in [2.24, 2.45) is 0 Å². The van der Waals surface area contributed by atoms with Crippen molar-refractivity contribution >= 4 is 117 Å². The Balaban J connectivity index is 0.640. The van der Waals surface area contributed by atoms with E-state index in [4.69, 9.17) is 8.83 Å². The van der Waals surface area contributed by atoms with Gasteiger partial charge in [0, 0.05) is 88.9 Å². The zero-order chi connectivity index (χ0) is 67.2. The van der Waals surface area contributed by atoms with Gasteiger partial charge in [-0.25, -0.2) is 0 Å². The minimum absolute atomic E-state index is 0.889. The number of para-hydroxylation sites is 5. The predicted octanol–water partition coefficient (Wildman–Crippen LogP) is 26.8. The molecule has 0 unspecified atom stereocenters. The average molecular weight is 1310 g/mol. The minimum Gasteiger partial charge on any atom is -0.456 e. The number of hydrogen-bond donors (Lipinski definition) is 0. The Morgan fingerprint density at radius 2 is 0.549 bits per heavy atom. The van der Waals surface area contributed by atoms with E-state index in [9.17, 15) is 0 Å². The number of anilines is 6. The van der Waals surface area contributed by atoms with Gasteiger partial charge < -0.3 is 27.8 Å². The van der Waals surface area contributed by atoms with Gasteiger partial charge in [0.15, 0.2) is 0 Å². The zero-order valence-corrected chi connectivity index (χ0v) is 55.7. The van der Waals surface area contributed by atoms with Crippen molar-refractivity contribution in [1.82, 2.24) is 9.13 Å². The van der Waals surface area contributed by atoms with Crippen LogP contribution in [-0.2, 0) is 6.42 Å². The Bertz CT molecular complexity index is 6280. The summed E-state index contributed by atoms with van der Waals surface area (Å²) >= 11 is 0. The molecular weight excluding hydrogens is 1240 g/mol. The van der Waals surface area contributed by atoms with E-state index < -0.39 is 0 Å². The van der Waals surface area contributed by atoms with Crippen LogP contribution in [0.25, 0.3) is 150 Å². The molecular formula is C96H64N4O2. The SMILES string of the molecule is C1=Cc2c(c3cc(-c4ccc(N(c5ccc(-c6ccc(N(c7ccc(-c8ccc9oc%10ccccc%10c9c8)cc7)c7ccc(-c8ccc9oc%10ccccc%10c9c8)cc7)cc6)cc5)c5ccc(-c6ccc7c(c6)c6ccccc6n7-c6ccccc6)cc5)cc4)ccc3n2-c2ccccc2)CC1. The van der Waals surface area contributed by atoms with Gasteiger partial charge in [-0.3, -0.25) is 0 Å². The molecule has 20 rings (SSSR count). The minimum atomic E-state index is 0.889. The molecule has 0 atom stereocenters. The molecule has 0 N–H and O–H groups in total. The number of allylic oxidation sites excluding steroid dienone is 1. The molecule has 480 valence electrons. The lowest BCUT2D eigenvalue weighted by atomic mass is 9.97. The van der Waals surface area contributed by atoms with Gasteiger partial charge >= 0.3 is 0 Å². The first-order valence-corrected chi connectivity index (χ1v) is 35.1. The van der Waals surface area contributed by atoms with E-state index in [-0.39, 0.29) is 0 Å². The molecule has 0 radical (unpaired) electrons. The van der Waals surface area contributed by atoms with Gasteiger partial charge in [-0.05, 0) is 244 Å². The van der Waals surface area contributed by atoms with Crippen molar-refractivity contribution in [3.05, 3.63) is 369 Å². The summed E-state index contributed by atoms with van der Waals surface area (Å²) in [7, 11) is 0. The van der Waals surface area contributed by atoms with Crippen LogP contribution in [0.1, 0.15) is 17.7 Å². The van der Waals surface area contributed by atoms with Gasteiger partial charge in [-0.15, -0.1) is 0 Å². The number of aromatic nitrogens is 2. The smallest absolute Gasteiger partial charge is 0.135 e. The summed E-state index contributed by atoms with van der Waals surface area (Å²) in [6.07, 6.45) is 6.68. The summed E-state index contributed by atoms with van der Waals surface area (Å²) in [4.78, 5) is 4.73. The fraction of sp³-hybridized carbons (Fsp3) is 0.0208. The lowest BCUT2D eigenvalue weighted by Gasteiger charge is -2.27. The summed E-state index contributed by atoms with van der Waals surface area (Å²) in [5.74, 6) is 0. The van der Waals surface area contributed by atoms with Crippen LogP contribution in [-0.4, -0.2) is 9.13 Å². The van der Waals surface area contributed by atoms with E-state index in [1.165, 1.54) is 66.3 Å². The standard InChI is InChI=1S/C96H64N4O2/c1-3-15-73(16-4-1)99-89-23-11-7-19-81(89)85-59-69(39-55-91(85)99)65-31-47-77(48-32-65)97(78-49-33-66(34-50-78)70-40-56-92-86(60-70)82-20-8-12-24-90(82)100(92)74-17-5-2-6-18-74)75-43-27-63(28-44-75)64-29-45-76(46-30-64)98(79-51-35-67(36-52-79)71-41-57-95-87(61-71)83-21-9-13-25-93(83)101-95)80-53-37-68(38-54-80)72-42-58-96-88(62-72)84-22-10-14-26-94(84)102-96/h1-7,9-19,21-62H,8,20H2. The van der Waals surface area contributed by atoms with Gasteiger partial charge in [0.25, 0.3) is 0 Å².